The van der Waals surface area contributed by atoms with Crippen molar-refractivity contribution in [3.63, 3.8) is 0 Å². The number of amides is 1. The first-order chi connectivity index (χ1) is 13.0. The van der Waals surface area contributed by atoms with Crippen LogP contribution in [-0.4, -0.2) is 34.2 Å². The highest BCUT2D eigenvalue weighted by molar-refractivity contribution is 7.99. The van der Waals surface area contributed by atoms with Crippen LogP contribution in [0.25, 0.3) is 10.2 Å². The van der Waals surface area contributed by atoms with Crippen molar-refractivity contribution in [3.8, 4) is 0 Å². The molecule has 0 radical (unpaired) electrons. The normalized spacial score (nSPS) is 10.7. The molecule has 0 bridgehead atoms. The zero-order valence-electron chi connectivity index (χ0n) is 14.8. The largest absolute Gasteiger partial charge is 0.465 e. The van der Waals surface area contributed by atoms with E-state index in [0.29, 0.717) is 38.4 Å². The van der Waals surface area contributed by atoms with E-state index >= 15 is 0 Å². The summed E-state index contributed by atoms with van der Waals surface area (Å²) in [7, 11) is 0. The van der Waals surface area contributed by atoms with Gasteiger partial charge in [0, 0.05) is 5.69 Å². The van der Waals surface area contributed by atoms with Crippen molar-refractivity contribution in [2.45, 2.75) is 19.0 Å². The highest BCUT2D eigenvalue weighted by atomic mass is 32.2. The number of aryl methyl sites for hydroxylation is 1. The quantitative estimate of drug-likeness (QED) is 0.369. The maximum Gasteiger partial charge on any atom is 0.316 e. The highest BCUT2D eigenvalue weighted by Gasteiger charge is 2.20. The molecule has 0 saturated heterocycles. The topological polar surface area (TPSA) is 107 Å². The molecule has 27 heavy (non-hydrogen) atoms. The molecule has 0 aliphatic carbocycles. The van der Waals surface area contributed by atoms with Gasteiger partial charge in [0.15, 0.2) is 5.16 Å². The minimum Gasteiger partial charge on any atom is -0.465 e. The van der Waals surface area contributed by atoms with Gasteiger partial charge < -0.3 is 15.8 Å². The van der Waals surface area contributed by atoms with E-state index in [1.54, 1.807) is 6.92 Å². The Morgan fingerprint density at radius 1 is 1.26 bits per heavy atom. The predicted molar refractivity (Wildman–Crippen MR) is 108 cm³/mol. The lowest BCUT2D eigenvalue weighted by molar-refractivity contribution is -0.139. The van der Waals surface area contributed by atoms with Gasteiger partial charge in [-0.25, -0.2) is 9.97 Å². The number of carbonyl (C=O) groups excluding carboxylic acids is 2. The average molecular weight is 403 g/mol. The van der Waals surface area contributed by atoms with Gasteiger partial charge in [-0.15, -0.1) is 11.3 Å². The summed E-state index contributed by atoms with van der Waals surface area (Å²) < 4.78 is 4.90. The van der Waals surface area contributed by atoms with E-state index in [0.717, 1.165) is 17.3 Å². The molecular weight excluding hydrogens is 384 g/mol. The van der Waals surface area contributed by atoms with Gasteiger partial charge in [0.05, 0.1) is 22.6 Å². The Balaban J connectivity index is 1.86. The first kappa shape index (κ1) is 19.1. The number of hydrogen-bond acceptors (Lipinski definition) is 8. The monoisotopic (exact) mass is 402 g/mol. The number of fused-ring (bicyclic) bond motifs is 1. The number of nitrogens with one attached hydrogen (secondary N) is 1. The van der Waals surface area contributed by atoms with Crippen LogP contribution < -0.4 is 11.1 Å². The second-order valence-corrected chi connectivity index (χ2v) is 7.48. The lowest BCUT2D eigenvalue weighted by Crippen LogP contribution is -2.11. The zero-order chi connectivity index (χ0) is 19.4. The summed E-state index contributed by atoms with van der Waals surface area (Å²) in [6, 6.07) is 9.22. The van der Waals surface area contributed by atoms with Gasteiger partial charge >= 0.3 is 5.97 Å². The molecule has 1 amide bonds. The molecule has 140 valence electrons. The average Bonchev–Trinajstić information content (AvgIpc) is 2.98. The smallest absolute Gasteiger partial charge is 0.316 e. The zero-order valence-corrected chi connectivity index (χ0v) is 16.4. The van der Waals surface area contributed by atoms with Crippen LogP contribution in [0.3, 0.4) is 0 Å². The molecule has 0 spiro atoms. The lowest BCUT2D eigenvalue weighted by atomic mass is 10.2. The number of rotatable bonds is 6. The SMILES string of the molecule is CCOC(=O)CSc1nc(N)c2c(C)c(C(=O)Nc3ccccc3)sc2n1. The van der Waals surface area contributed by atoms with Crippen molar-refractivity contribution < 1.29 is 14.3 Å². The molecule has 0 fully saturated rings. The summed E-state index contributed by atoms with van der Waals surface area (Å²) in [6.07, 6.45) is 0. The number of benzene rings is 1. The summed E-state index contributed by atoms with van der Waals surface area (Å²) in [5, 5.41) is 3.91. The first-order valence-electron chi connectivity index (χ1n) is 8.21. The fraction of sp³-hybridized carbons (Fsp3) is 0.222. The van der Waals surface area contributed by atoms with Crippen LogP contribution in [0.4, 0.5) is 11.5 Å². The standard InChI is InChI=1S/C18H18N4O3S2/c1-3-25-12(23)9-26-18-21-15(19)13-10(2)14(27-17(13)22-18)16(24)20-11-7-5-4-6-8-11/h4-8H,3,9H2,1-2H3,(H,20,24)(H2,19,21,22). The van der Waals surface area contributed by atoms with Gasteiger partial charge in [-0.2, -0.15) is 0 Å². The van der Waals surface area contributed by atoms with Crippen molar-refractivity contribution in [2.24, 2.45) is 0 Å². The third-order valence-corrected chi connectivity index (χ3v) is 5.67. The second-order valence-electron chi connectivity index (χ2n) is 5.54. The number of thioether (sulfide) groups is 1. The molecule has 1 aromatic carbocycles. The Morgan fingerprint density at radius 2 is 2.00 bits per heavy atom. The van der Waals surface area contributed by atoms with Crippen molar-refractivity contribution in [1.29, 1.82) is 0 Å². The number of nitrogens with two attached hydrogens (primary N) is 1. The number of carbonyl (C=O) groups is 2. The Bertz CT molecular complexity index is 989. The van der Waals surface area contributed by atoms with Crippen LogP contribution >= 0.6 is 23.1 Å². The van der Waals surface area contributed by atoms with Crippen molar-refractivity contribution in [3.05, 3.63) is 40.8 Å². The molecule has 9 heteroatoms. The number of ether oxygens (including phenoxy) is 1. The molecule has 0 saturated carbocycles. The molecule has 0 aliphatic heterocycles. The molecule has 3 N–H and O–H groups in total. The van der Waals surface area contributed by atoms with Gasteiger partial charge in [-0.3, -0.25) is 9.59 Å². The van der Waals surface area contributed by atoms with Crippen LogP contribution in [0.1, 0.15) is 22.2 Å². The Labute approximate surface area is 164 Å². The number of thiophene rings is 1. The second kappa shape index (κ2) is 8.36. The summed E-state index contributed by atoms with van der Waals surface area (Å²) in [5.41, 5.74) is 7.53. The molecule has 7 nitrogen and oxygen atoms in total. The predicted octanol–water partition coefficient (Wildman–Crippen LogP) is 3.49. The summed E-state index contributed by atoms with van der Waals surface area (Å²) in [5.74, 6) is -0.166. The van der Waals surface area contributed by atoms with Gasteiger partial charge in [0.1, 0.15) is 10.6 Å². The lowest BCUT2D eigenvalue weighted by Gasteiger charge is -2.04. The molecule has 2 heterocycles. The van der Waals surface area contributed by atoms with E-state index < -0.39 is 0 Å². The summed E-state index contributed by atoms with van der Waals surface area (Å²) >= 11 is 2.40. The molecule has 0 aliphatic rings. The first-order valence-corrected chi connectivity index (χ1v) is 10.0. The van der Waals surface area contributed by atoms with Gasteiger partial charge in [-0.1, -0.05) is 30.0 Å². The maximum absolute atomic E-state index is 12.6. The third kappa shape index (κ3) is 4.37. The Morgan fingerprint density at radius 3 is 2.70 bits per heavy atom. The van der Waals surface area contributed by atoms with Gasteiger partial charge in [0.25, 0.3) is 5.91 Å². The number of anilines is 2. The maximum atomic E-state index is 12.6. The van der Waals surface area contributed by atoms with Gasteiger partial charge in [-0.05, 0) is 31.5 Å². The molecule has 3 rings (SSSR count). The van der Waals surface area contributed by atoms with Crippen LogP contribution in [0, 0.1) is 6.92 Å². The number of nitrogens with zero attached hydrogens (tertiary/aromatic N) is 2. The van der Waals surface area contributed by atoms with E-state index in [1.807, 2.05) is 37.3 Å². The fourth-order valence-electron chi connectivity index (χ4n) is 2.47. The van der Waals surface area contributed by atoms with Crippen molar-refractivity contribution in [2.75, 3.05) is 23.4 Å². The number of nitrogen functional groups attached to an aromatic ring is 1. The van der Waals surface area contributed by atoms with E-state index in [4.69, 9.17) is 10.5 Å². The summed E-state index contributed by atoms with van der Waals surface area (Å²) in [6.45, 7) is 3.90. The fourth-order valence-corrected chi connectivity index (χ4v) is 4.26. The van der Waals surface area contributed by atoms with Crippen molar-refractivity contribution >= 4 is 56.7 Å². The van der Waals surface area contributed by atoms with Crippen LogP contribution in [-0.2, 0) is 9.53 Å². The van der Waals surface area contributed by atoms with Gasteiger partial charge in [0.2, 0.25) is 0 Å². The number of esters is 1. The number of aromatic nitrogens is 2. The van der Waals surface area contributed by atoms with Crippen LogP contribution in [0.2, 0.25) is 0 Å². The third-order valence-electron chi connectivity index (χ3n) is 3.66. The minimum atomic E-state index is -0.338. The Kier molecular flexibility index (Phi) is 5.92. The molecular formula is C18H18N4O3S2. The summed E-state index contributed by atoms with van der Waals surface area (Å²) in [4.78, 5) is 34.0. The molecule has 3 aromatic rings. The molecule has 0 atom stereocenters. The minimum absolute atomic E-state index is 0.102. The molecule has 0 unspecified atom stereocenters. The van der Waals surface area contributed by atoms with E-state index in [2.05, 4.69) is 15.3 Å². The van der Waals surface area contributed by atoms with E-state index in [9.17, 15) is 9.59 Å². The van der Waals surface area contributed by atoms with Crippen molar-refractivity contribution in [1.82, 2.24) is 9.97 Å². The molecule has 2 aromatic heterocycles. The highest BCUT2D eigenvalue weighted by Crippen LogP contribution is 2.34. The van der Waals surface area contributed by atoms with E-state index in [1.165, 1.54) is 11.3 Å². The van der Waals surface area contributed by atoms with Crippen LogP contribution in [0.15, 0.2) is 35.5 Å². The number of para-hydroxylation sites is 1. The van der Waals surface area contributed by atoms with Crippen LogP contribution in [0.5, 0.6) is 0 Å². The Hall–Kier alpha value is -2.65. The number of hydrogen-bond donors (Lipinski definition) is 2. The van der Waals surface area contributed by atoms with E-state index in [-0.39, 0.29) is 17.6 Å².